The first-order valence-electron chi connectivity index (χ1n) is 7.98. The van der Waals surface area contributed by atoms with Gasteiger partial charge in [-0.2, -0.15) is 5.26 Å². The maximum absolute atomic E-state index is 11.8. The molecule has 132 valence electrons. The van der Waals surface area contributed by atoms with Crippen molar-refractivity contribution >= 4 is 23.6 Å². The van der Waals surface area contributed by atoms with Crippen molar-refractivity contribution in [1.29, 1.82) is 5.26 Å². The molecule has 0 saturated heterocycles. The molecule has 2 rings (SSSR count). The zero-order valence-electron chi connectivity index (χ0n) is 14.3. The Morgan fingerprint density at radius 3 is 2.42 bits per heavy atom. The number of hydrogen-bond donors (Lipinski definition) is 1. The van der Waals surface area contributed by atoms with Crippen LogP contribution in [-0.4, -0.2) is 25.1 Å². The molecule has 0 aliphatic carbocycles. The molecule has 1 amide bonds. The second-order valence-electron chi connectivity index (χ2n) is 5.18. The number of rotatable bonds is 7. The van der Waals surface area contributed by atoms with E-state index < -0.39 is 11.9 Å². The molecule has 0 unspecified atom stereocenters. The molecule has 2 aromatic carbocycles. The third-order valence-corrected chi connectivity index (χ3v) is 3.25. The average molecular weight is 350 g/mol. The predicted octanol–water partition coefficient (Wildman–Crippen LogP) is 3.15. The predicted molar refractivity (Wildman–Crippen MR) is 97.4 cm³/mol. The summed E-state index contributed by atoms with van der Waals surface area (Å²) < 4.78 is 10.2. The highest BCUT2D eigenvalue weighted by atomic mass is 16.5. The van der Waals surface area contributed by atoms with Crippen LogP contribution in [0.25, 0.3) is 6.08 Å². The fourth-order valence-corrected chi connectivity index (χ4v) is 2.02. The van der Waals surface area contributed by atoms with E-state index in [4.69, 9.17) is 14.7 Å². The Kier molecular flexibility index (Phi) is 6.95. The number of hydrogen-bond acceptors (Lipinski definition) is 5. The van der Waals surface area contributed by atoms with Gasteiger partial charge in [0.05, 0.1) is 18.2 Å². The van der Waals surface area contributed by atoms with E-state index in [1.165, 1.54) is 6.08 Å². The molecular formula is C20H18N2O4. The first kappa shape index (κ1) is 18.7. The average Bonchev–Trinajstić information content (AvgIpc) is 2.67. The normalized spacial score (nSPS) is 10.2. The molecule has 2 aromatic rings. The highest BCUT2D eigenvalue weighted by Gasteiger charge is 2.06. The van der Waals surface area contributed by atoms with Gasteiger partial charge < -0.3 is 14.8 Å². The van der Waals surface area contributed by atoms with Crippen LogP contribution >= 0.6 is 0 Å². The second kappa shape index (κ2) is 9.64. The lowest BCUT2D eigenvalue weighted by molar-refractivity contribution is -0.142. The van der Waals surface area contributed by atoms with Gasteiger partial charge >= 0.3 is 5.97 Å². The minimum absolute atomic E-state index is 0.385. The maximum atomic E-state index is 11.8. The Balaban J connectivity index is 1.77. The molecule has 26 heavy (non-hydrogen) atoms. The molecule has 0 fully saturated rings. The van der Waals surface area contributed by atoms with Crippen LogP contribution in [-0.2, 0) is 14.3 Å². The summed E-state index contributed by atoms with van der Waals surface area (Å²) in [4.78, 5) is 23.5. The number of nitrogens with zero attached hydrogens (tertiary/aromatic N) is 1. The number of nitrogens with one attached hydrogen (secondary N) is 1. The smallest absolute Gasteiger partial charge is 0.331 e. The third kappa shape index (κ3) is 6.13. The van der Waals surface area contributed by atoms with Crippen molar-refractivity contribution < 1.29 is 19.1 Å². The van der Waals surface area contributed by atoms with Gasteiger partial charge in [0.1, 0.15) is 5.75 Å². The summed E-state index contributed by atoms with van der Waals surface area (Å²) >= 11 is 0. The number of nitriles is 1. The van der Waals surface area contributed by atoms with E-state index in [9.17, 15) is 9.59 Å². The summed E-state index contributed by atoms with van der Waals surface area (Å²) in [5.74, 6) is -0.352. The van der Waals surface area contributed by atoms with Gasteiger partial charge in [-0.25, -0.2) is 4.79 Å². The van der Waals surface area contributed by atoms with Crippen molar-refractivity contribution in [2.24, 2.45) is 0 Å². The zero-order valence-corrected chi connectivity index (χ0v) is 14.3. The summed E-state index contributed by atoms with van der Waals surface area (Å²) in [5, 5.41) is 11.4. The standard InChI is InChI=1S/C20H18N2O4/c1-2-25-18-10-8-17(9-11-18)22-19(23)14-26-20(24)12-7-15-3-5-16(13-21)6-4-15/h3-12H,2,14H2,1H3,(H,22,23)/b12-7+. The molecule has 0 aromatic heterocycles. The van der Waals surface area contributed by atoms with Crippen LogP contribution in [0, 0.1) is 11.3 Å². The largest absolute Gasteiger partial charge is 0.494 e. The van der Waals surface area contributed by atoms with Gasteiger partial charge in [-0.3, -0.25) is 4.79 Å². The van der Waals surface area contributed by atoms with Crippen LogP contribution in [0.2, 0.25) is 0 Å². The SMILES string of the molecule is CCOc1ccc(NC(=O)COC(=O)/C=C/c2ccc(C#N)cc2)cc1. The van der Waals surface area contributed by atoms with Crippen molar-refractivity contribution in [2.45, 2.75) is 6.92 Å². The van der Waals surface area contributed by atoms with E-state index in [1.54, 1.807) is 54.6 Å². The lowest BCUT2D eigenvalue weighted by Gasteiger charge is -2.07. The topological polar surface area (TPSA) is 88.4 Å². The third-order valence-electron chi connectivity index (χ3n) is 3.25. The van der Waals surface area contributed by atoms with Gasteiger partial charge in [0.25, 0.3) is 5.91 Å². The molecule has 6 nitrogen and oxygen atoms in total. The molecule has 0 saturated carbocycles. The van der Waals surface area contributed by atoms with E-state index in [2.05, 4.69) is 5.32 Å². The molecule has 0 aliphatic rings. The fraction of sp³-hybridized carbons (Fsp3) is 0.150. The second-order valence-corrected chi connectivity index (χ2v) is 5.18. The van der Waals surface area contributed by atoms with Gasteiger partial charge in [0.15, 0.2) is 6.61 Å². The van der Waals surface area contributed by atoms with Crippen molar-refractivity contribution in [2.75, 3.05) is 18.5 Å². The van der Waals surface area contributed by atoms with E-state index in [0.717, 1.165) is 5.56 Å². The summed E-state index contributed by atoms with van der Waals surface area (Å²) in [6.45, 7) is 2.07. The van der Waals surface area contributed by atoms with Crippen molar-refractivity contribution in [3.63, 3.8) is 0 Å². The van der Waals surface area contributed by atoms with E-state index in [1.807, 2.05) is 13.0 Å². The number of carbonyl (C=O) groups excluding carboxylic acids is 2. The molecule has 1 N–H and O–H groups in total. The number of anilines is 1. The summed E-state index contributed by atoms with van der Waals surface area (Å²) in [5.41, 5.74) is 1.87. The Morgan fingerprint density at radius 1 is 1.12 bits per heavy atom. The van der Waals surface area contributed by atoms with Crippen LogP contribution in [0.4, 0.5) is 5.69 Å². The zero-order chi connectivity index (χ0) is 18.8. The number of carbonyl (C=O) groups is 2. The first-order valence-corrected chi connectivity index (χ1v) is 7.98. The lowest BCUT2D eigenvalue weighted by Crippen LogP contribution is -2.20. The number of esters is 1. The van der Waals surface area contributed by atoms with Crippen molar-refractivity contribution in [3.05, 3.63) is 65.7 Å². The molecular weight excluding hydrogens is 332 g/mol. The highest BCUT2D eigenvalue weighted by Crippen LogP contribution is 2.15. The van der Waals surface area contributed by atoms with E-state index >= 15 is 0 Å². The summed E-state index contributed by atoms with van der Waals surface area (Å²) in [7, 11) is 0. The molecule has 0 atom stereocenters. The van der Waals surface area contributed by atoms with Crippen LogP contribution in [0.15, 0.2) is 54.6 Å². The number of benzene rings is 2. The van der Waals surface area contributed by atoms with Crippen LogP contribution in [0.5, 0.6) is 5.75 Å². The summed E-state index contributed by atoms with van der Waals surface area (Å²) in [6, 6.07) is 15.6. The molecule has 0 bridgehead atoms. The maximum Gasteiger partial charge on any atom is 0.331 e. The molecule has 0 radical (unpaired) electrons. The van der Waals surface area contributed by atoms with Gasteiger partial charge in [0, 0.05) is 11.8 Å². The van der Waals surface area contributed by atoms with Crippen LogP contribution in [0.1, 0.15) is 18.1 Å². The van der Waals surface area contributed by atoms with Gasteiger partial charge in [-0.15, -0.1) is 0 Å². The highest BCUT2D eigenvalue weighted by molar-refractivity contribution is 5.94. The van der Waals surface area contributed by atoms with Gasteiger partial charge in [-0.1, -0.05) is 12.1 Å². The van der Waals surface area contributed by atoms with Crippen molar-refractivity contribution in [3.8, 4) is 11.8 Å². The first-order chi connectivity index (χ1) is 12.6. The number of ether oxygens (including phenoxy) is 2. The Bertz CT molecular complexity index is 818. The van der Waals surface area contributed by atoms with E-state index in [0.29, 0.717) is 23.6 Å². The Morgan fingerprint density at radius 2 is 1.81 bits per heavy atom. The molecule has 6 heteroatoms. The Labute approximate surface area is 151 Å². The summed E-state index contributed by atoms with van der Waals surface area (Å²) in [6.07, 6.45) is 2.78. The van der Waals surface area contributed by atoms with E-state index in [-0.39, 0.29) is 6.61 Å². The van der Waals surface area contributed by atoms with Gasteiger partial charge in [0.2, 0.25) is 0 Å². The minimum Gasteiger partial charge on any atom is -0.494 e. The lowest BCUT2D eigenvalue weighted by atomic mass is 10.1. The van der Waals surface area contributed by atoms with Gasteiger partial charge in [-0.05, 0) is 55.0 Å². The number of amides is 1. The fourth-order valence-electron chi connectivity index (χ4n) is 2.02. The molecule has 0 heterocycles. The Hall–Kier alpha value is -3.59. The quantitative estimate of drug-likeness (QED) is 0.612. The van der Waals surface area contributed by atoms with Crippen LogP contribution < -0.4 is 10.1 Å². The minimum atomic E-state index is -0.629. The monoisotopic (exact) mass is 350 g/mol. The molecule has 0 aliphatic heterocycles. The molecule has 0 spiro atoms. The van der Waals surface area contributed by atoms with Crippen molar-refractivity contribution in [1.82, 2.24) is 0 Å². The van der Waals surface area contributed by atoms with Crippen LogP contribution in [0.3, 0.4) is 0 Å².